The normalized spacial score (nSPS) is 22.8. The molecular formula is C16H25ClN2O2. The lowest BCUT2D eigenvalue weighted by atomic mass is 9.95. The number of piperidine rings is 1. The van der Waals surface area contributed by atoms with Gasteiger partial charge in [-0.3, -0.25) is 4.79 Å². The fourth-order valence-corrected chi connectivity index (χ4v) is 2.36. The molecule has 1 saturated heterocycles. The molecule has 0 aliphatic carbocycles. The second-order valence-electron chi connectivity index (χ2n) is 5.66. The number of ether oxygens (including phenoxy) is 1. The number of hydrogen-bond donors (Lipinski definition) is 2. The van der Waals surface area contributed by atoms with E-state index in [1.165, 1.54) is 5.56 Å². The van der Waals surface area contributed by atoms with Crippen molar-refractivity contribution in [3.05, 3.63) is 29.8 Å². The summed E-state index contributed by atoms with van der Waals surface area (Å²) >= 11 is 0. The summed E-state index contributed by atoms with van der Waals surface area (Å²) in [6.07, 6.45) is 0.616. The van der Waals surface area contributed by atoms with E-state index in [9.17, 15) is 4.79 Å². The van der Waals surface area contributed by atoms with Gasteiger partial charge in [-0.15, -0.1) is 12.4 Å². The van der Waals surface area contributed by atoms with Crippen LogP contribution >= 0.6 is 12.4 Å². The summed E-state index contributed by atoms with van der Waals surface area (Å²) in [4.78, 5) is 12.2. The van der Waals surface area contributed by atoms with Crippen LogP contribution < -0.4 is 15.4 Å². The van der Waals surface area contributed by atoms with Crippen LogP contribution in [0.2, 0.25) is 0 Å². The highest BCUT2D eigenvalue weighted by Crippen LogP contribution is 2.15. The second-order valence-corrected chi connectivity index (χ2v) is 5.66. The van der Waals surface area contributed by atoms with Crippen molar-refractivity contribution in [1.29, 1.82) is 0 Å². The lowest BCUT2D eigenvalue weighted by molar-refractivity contribution is -0.128. The third-order valence-electron chi connectivity index (χ3n) is 3.86. The first kappa shape index (κ1) is 17.8. The average Bonchev–Trinajstić information content (AvgIpc) is 2.44. The molecule has 2 N–H and O–H groups in total. The number of halogens is 1. The minimum Gasteiger partial charge on any atom is -0.481 e. The smallest absolute Gasteiger partial charge is 0.261 e. The summed E-state index contributed by atoms with van der Waals surface area (Å²) in [5, 5.41) is 6.38. The van der Waals surface area contributed by atoms with Gasteiger partial charge in [-0.05, 0) is 44.9 Å². The van der Waals surface area contributed by atoms with Crippen molar-refractivity contribution in [3.63, 3.8) is 0 Å². The van der Waals surface area contributed by atoms with E-state index in [-0.39, 0.29) is 24.4 Å². The van der Waals surface area contributed by atoms with Crippen molar-refractivity contribution >= 4 is 18.3 Å². The highest BCUT2D eigenvalue weighted by Gasteiger charge is 2.25. The molecule has 5 heteroatoms. The molecule has 1 fully saturated rings. The van der Waals surface area contributed by atoms with Crippen molar-refractivity contribution in [2.24, 2.45) is 5.92 Å². The summed E-state index contributed by atoms with van der Waals surface area (Å²) in [7, 11) is 0. The van der Waals surface area contributed by atoms with Crippen molar-refractivity contribution in [2.45, 2.75) is 39.3 Å². The summed E-state index contributed by atoms with van der Waals surface area (Å²) in [6, 6.07) is 7.94. The monoisotopic (exact) mass is 312 g/mol. The quantitative estimate of drug-likeness (QED) is 0.897. The Morgan fingerprint density at radius 1 is 1.38 bits per heavy atom. The van der Waals surface area contributed by atoms with Gasteiger partial charge < -0.3 is 15.4 Å². The standard InChI is InChI=1S/C16H24N2O2.ClH/c1-11-4-6-14(7-5-11)20-13(3)16(19)18-15-10-17-9-8-12(15)2;/h4-7,12-13,15,17H,8-10H2,1-3H3,(H,18,19);1H. The molecule has 1 aliphatic heterocycles. The Morgan fingerprint density at radius 2 is 2.05 bits per heavy atom. The molecular weight excluding hydrogens is 288 g/mol. The first-order chi connectivity index (χ1) is 9.56. The topological polar surface area (TPSA) is 50.4 Å². The maximum atomic E-state index is 12.2. The molecule has 1 aromatic carbocycles. The Hall–Kier alpha value is -1.26. The fourth-order valence-electron chi connectivity index (χ4n) is 2.36. The highest BCUT2D eigenvalue weighted by atomic mass is 35.5. The highest BCUT2D eigenvalue weighted by molar-refractivity contribution is 5.85. The largest absolute Gasteiger partial charge is 0.481 e. The zero-order valence-electron chi connectivity index (χ0n) is 12.9. The molecule has 1 amide bonds. The lowest BCUT2D eigenvalue weighted by Crippen LogP contribution is -2.52. The molecule has 3 unspecified atom stereocenters. The number of amides is 1. The first-order valence-corrected chi connectivity index (χ1v) is 7.30. The summed E-state index contributed by atoms with van der Waals surface area (Å²) in [6.45, 7) is 7.86. The van der Waals surface area contributed by atoms with E-state index in [0.29, 0.717) is 5.92 Å². The molecule has 1 aliphatic rings. The predicted molar refractivity (Wildman–Crippen MR) is 87.1 cm³/mol. The molecule has 0 spiro atoms. The van der Waals surface area contributed by atoms with E-state index in [1.807, 2.05) is 31.2 Å². The molecule has 21 heavy (non-hydrogen) atoms. The van der Waals surface area contributed by atoms with Crippen LogP contribution in [0, 0.1) is 12.8 Å². The molecule has 0 bridgehead atoms. The number of nitrogens with one attached hydrogen (secondary N) is 2. The van der Waals surface area contributed by atoms with Gasteiger partial charge >= 0.3 is 0 Å². The molecule has 2 rings (SSSR count). The number of hydrogen-bond acceptors (Lipinski definition) is 3. The second kappa shape index (κ2) is 8.25. The van der Waals surface area contributed by atoms with Crippen LogP contribution in [0.5, 0.6) is 5.75 Å². The van der Waals surface area contributed by atoms with Crippen LogP contribution in [-0.4, -0.2) is 31.1 Å². The zero-order chi connectivity index (χ0) is 14.5. The molecule has 3 atom stereocenters. The number of rotatable bonds is 4. The fraction of sp³-hybridized carbons (Fsp3) is 0.562. The SMILES string of the molecule is Cc1ccc(OC(C)C(=O)NC2CNCCC2C)cc1.Cl. The van der Waals surface area contributed by atoms with E-state index in [1.54, 1.807) is 6.92 Å². The number of aryl methyl sites for hydroxylation is 1. The van der Waals surface area contributed by atoms with Crippen LogP contribution in [0.25, 0.3) is 0 Å². The van der Waals surface area contributed by atoms with Gasteiger partial charge in [0.15, 0.2) is 6.10 Å². The minimum absolute atomic E-state index is 0. The summed E-state index contributed by atoms with van der Waals surface area (Å²) in [5.74, 6) is 1.19. The van der Waals surface area contributed by atoms with E-state index in [0.717, 1.165) is 25.3 Å². The maximum absolute atomic E-state index is 12.2. The van der Waals surface area contributed by atoms with Gasteiger partial charge in [0.05, 0.1) is 0 Å². The van der Waals surface area contributed by atoms with E-state index in [2.05, 4.69) is 17.6 Å². The molecule has 1 heterocycles. The van der Waals surface area contributed by atoms with Crippen molar-refractivity contribution in [1.82, 2.24) is 10.6 Å². The minimum atomic E-state index is -0.480. The maximum Gasteiger partial charge on any atom is 0.261 e. The van der Waals surface area contributed by atoms with Gasteiger partial charge in [-0.25, -0.2) is 0 Å². The molecule has 4 nitrogen and oxygen atoms in total. The van der Waals surface area contributed by atoms with E-state index >= 15 is 0 Å². The average molecular weight is 313 g/mol. The number of benzene rings is 1. The van der Waals surface area contributed by atoms with Gasteiger partial charge in [0.1, 0.15) is 5.75 Å². The number of carbonyl (C=O) groups is 1. The Bertz CT molecular complexity index is 450. The summed E-state index contributed by atoms with van der Waals surface area (Å²) in [5.41, 5.74) is 1.18. The third kappa shape index (κ3) is 5.21. The van der Waals surface area contributed by atoms with Gasteiger partial charge in [0, 0.05) is 12.6 Å². The zero-order valence-corrected chi connectivity index (χ0v) is 13.7. The molecule has 1 aromatic rings. The van der Waals surface area contributed by atoms with Gasteiger partial charge in [0.2, 0.25) is 0 Å². The van der Waals surface area contributed by atoms with Crippen LogP contribution in [-0.2, 0) is 4.79 Å². The first-order valence-electron chi connectivity index (χ1n) is 7.30. The third-order valence-corrected chi connectivity index (χ3v) is 3.86. The Kier molecular flexibility index (Phi) is 6.99. The Balaban J connectivity index is 0.00000220. The van der Waals surface area contributed by atoms with Crippen LogP contribution in [0.4, 0.5) is 0 Å². The predicted octanol–water partition coefficient (Wildman–Crippen LogP) is 2.30. The summed E-state index contributed by atoms with van der Waals surface area (Å²) < 4.78 is 5.68. The van der Waals surface area contributed by atoms with Crippen molar-refractivity contribution in [2.75, 3.05) is 13.1 Å². The van der Waals surface area contributed by atoms with Gasteiger partial charge in [-0.2, -0.15) is 0 Å². The van der Waals surface area contributed by atoms with Crippen molar-refractivity contribution < 1.29 is 9.53 Å². The van der Waals surface area contributed by atoms with Crippen LogP contribution in [0.15, 0.2) is 24.3 Å². The molecule has 0 aromatic heterocycles. The van der Waals surface area contributed by atoms with Gasteiger partial charge in [-0.1, -0.05) is 24.6 Å². The van der Waals surface area contributed by atoms with Crippen LogP contribution in [0.1, 0.15) is 25.8 Å². The lowest BCUT2D eigenvalue weighted by Gasteiger charge is -2.31. The molecule has 0 radical (unpaired) electrons. The Morgan fingerprint density at radius 3 is 2.67 bits per heavy atom. The van der Waals surface area contributed by atoms with Crippen molar-refractivity contribution in [3.8, 4) is 5.75 Å². The van der Waals surface area contributed by atoms with E-state index < -0.39 is 6.10 Å². The number of carbonyl (C=O) groups excluding carboxylic acids is 1. The van der Waals surface area contributed by atoms with E-state index in [4.69, 9.17) is 4.74 Å². The Labute approximate surface area is 133 Å². The van der Waals surface area contributed by atoms with Gasteiger partial charge in [0.25, 0.3) is 5.91 Å². The molecule has 0 saturated carbocycles. The van der Waals surface area contributed by atoms with Crippen LogP contribution in [0.3, 0.4) is 0 Å². The molecule has 118 valence electrons.